The number of amides is 2. The van der Waals surface area contributed by atoms with Crippen LogP contribution < -0.4 is 9.96 Å². The Labute approximate surface area is 212 Å². The maximum atomic E-state index is 14.6. The molecule has 0 N–H and O–H groups in total. The molecule has 2 saturated heterocycles. The van der Waals surface area contributed by atoms with Crippen molar-refractivity contribution in [2.24, 2.45) is 0 Å². The summed E-state index contributed by atoms with van der Waals surface area (Å²) in [4.78, 5) is 47.0. The molecule has 182 valence electrons. The number of rotatable bonds is 5. The zero-order valence-corrected chi connectivity index (χ0v) is 19.5. The second kappa shape index (κ2) is 8.69. The van der Waals surface area contributed by atoms with Crippen molar-refractivity contribution in [3.8, 4) is 0 Å². The maximum absolute atomic E-state index is 14.6. The topological polar surface area (TPSA) is 93.0 Å². The summed E-state index contributed by atoms with van der Waals surface area (Å²) >= 11 is 0. The summed E-state index contributed by atoms with van der Waals surface area (Å²) in [5.74, 6) is -0.941. The molecule has 0 radical (unpaired) electrons. The van der Waals surface area contributed by atoms with E-state index in [-0.39, 0.29) is 5.69 Å². The number of hydrogen-bond acceptors (Lipinski definition) is 6. The van der Waals surface area contributed by atoms with E-state index in [1.165, 1.54) is 17.0 Å². The van der Waals surface area contributed by atoms with Gasteiger partial charge in [-0.25, -0.2) is 9.96 Å². The van der Waals surface area contributed by atoms with Gasteiger partial charge < -0.3 is 0 Å². The van der Waals surface area contributed by atoms with Gasteiger partial charge in [-0.2, -0.15) is 0 Å². The van der Waals surface area contributed by atoms with Gasteiger partial charge in [-0.15, -0.1) is 0 Å². The highest BCUT2D eigenvalue weighted by atomic mass is 16.7. The van der Waals surface area contributed by atoms with E-state index in [4.69, 9.17) is 4.84 Å². The van der Waals surface area contributed by atoms with Crippen LogP contribution in [0.5, 0.6) is 0 Å². The molecule has 0 aromatic heterocycles. The highest BCUT2D eigenvalue weighted by molar-refractivity contribution is 6.28. The number of anilines is 2. The predicted octanol–water partition coefficient (Wildman–Crippen LogP) is 4.97. The van der Waals surface area contributed by atoms with E-state index in [2.05, 4.69) is 0 Å². The van der Waals surface area contributed by atoms with Gasteiger partial charge in [0.2, 0.25) is 5.91 Å². The van der Waals surface area contributed by atoms with Crippen molar-refractivity contribution in [1.29, 1.82) is 0 Å². The van der Waals surface area contributed by atoms with Crippen molar-refractivity contribution < 1.29 is 19.3 Å². The lowest BCUT2D eigenvalue weighted by atomic mass is 9.69. The molecule has 0 unspecified atom stereocenters. The predicted molar refractivity (Wildman–Crippen MR) is 137 cm³/mol. The van der Waals surface area contributed by atoms with Crippen LogP contribution in [-0.4, -0.2) is 22.8 Å². The zero-order valence-electron chi connectivity index (χ0n) is 19.5. The Morgan fingerprint density at radius 3 is 1.84 bits per heavy atom. The first-order valence-electron chi connectivity index (χ1n) is 11.8. The number of hydrogen-bond donors (Lipinski definition) is 0. The Morgan fingerprint density at radius 2 is 1.27 bits per heavy atom. The molecule has 0 spiro atoms. The number of benzene rings is 4. The Hall–Kier alpha value is -4.82. The lowest BCUT2D eigenvalue weighted by molar-refractivity contribution is -0.384. The van der Waals surface area contributed by atoms with E-state index in [1.54, 1.807) is 41.5 Å². The van der Waals surface area contributed by atoms with Crippen molar-refractivity contribution in [3.05, 3.63) is 137 Å². The molecule has 2 fully saturated rings. The van der Waals surface area contributed by atoms with Crippen LogP contribution in [0.2, 0.25) is 0 Å². The quantitative estimate of drug-likeness (QED) is 0.222. The molecule has 2 aliphatic heterocycles. The number of fused-ring (bicyclic) bond motifs is 1. The van der Waals surface area contributed by atoms with Crippen LogP contribution in [0.3, 0.4) is 0 Å². The Morgan fingerprint density at radius 1 is 0.730 bits per heavy atom. The fourth-order valence-corrected chi connectivity index (χ4v) is 5.39. The van der Waals surface area contributed by atoms with Gasteiger partial charge in [0.1, 0.15) is 11.5 Å². The number of nitro groups is 1. The second-order valence-electron chi connectivity index (χ2n) is 8.95. The van der Waals surface area contributed by atoms with E-state index < -0.39 is 34.3 Å². The number of hydroxylamine groups is 1. The molecule has 3 atom stereocenters. The summed E-state index contributed by atoms with van der Waals surface area (Å²) < 4.78 is 0. The van der Waals surface area contributed by atoms with Gasteiger partial charge in [0.25, 0.3) is 11.6 Å². The molecule has 4 aromatic rings. The average molecular weight is 492 g/mol. The van der Waals surface area contributed by atoms with Crippen LogP contribution in [0, 0.1) is 10.1 Å². The van der Waals surface area contributed by atoms with E-state index in [1.807, 2.05) is 66.7 Å². The van der Waals surface area contributed by atoms with Crippen LogP contribution >= 0.6 is 0 Å². The summed E-state index contributed by atoms with van der Waals surface area (Å²) in [5, 5.41) is 13.0. The van der Waals surface area contributed by atoms with Crippen LogP contribution in [-0.2, 0) is 19.8 Å². The van der Waals surface area contributed by atoms with Gasteiger partial charge in [-0.05, 0) is 35.4 Å². The van der Waals surface area contributed by atoms with Gasteiger partial charge in [0.15, 0.2) is 6.10 Å². The number of nitro benzene ring substituents is 1. The molecular formula is C29H21N3O5. The molecule has 6 rings (SSSR count). The monoisotopic (exact) mass is 491 g/mol. The van der Waals surface area contributed by atoms with Crippen LogP contribution in [0.1, 0.15) is 17.2 Å². The normalized spacial score (nSPS) is 22.8. The molecule has 0 bridgehead atoms. The molecule has 0 aliphatic carbocycles. The number of nitrogens with zero attached hydrogens (tertiary/aromatic N) is 3. The summed E-state index contributed by atoms with van der Waals surface area (Å²) in [7, 11) is 0. The van der Waals surface area contributed by atoms with E-state index in [0.717, 1.165) is 5.56 Å². The van der Waals surface area contributed by atoms with Crippen molar-refractivity contribution in [3.63, 3.8) is 0 Å². The molecule has 0 saturated carbocycles. The fraction of sp³-hybridized carbons (Fsp3) is 0.103. The third-order valence-electron chi connectivity index (χ3n) is 7.00. The smallest absolute Gasteiger partial charge is 0.269 e. The van der Waals surface area contributed by atoms with E-state index in [9.17, 15) is 19.7 Å². The van der Waals surface area contributed by atoms with Gasteiger partial charge in [-0.1, -0.05) is 78.9 Å². The minimum absolute atomic E-state index is 0.108. The molecule has 2 aliphatic rings. The van der Waals surface area contributed by atoms with Crippen molar-refractivity contribution in [1.82, 2.24) is 0 Å². The standard InChI is InChI=1S/C29H21N3O5/c33-27-26-29(21-16-18-24(19-17-21)32(35)36,28(34)30(27)22-12-6-2-7-13-22)25(20-10-4-1-5-11-20)31(37-26)23-14-8-3-9-15-23/h1-19,25-26H/t25-,26+,29+/m0/s1. The van der Waals surface area contributed by atoms with Crippen LogP contribution in [0.15, 0.2) is 115 Å². The number of carbonyl (C=O) groups is 2. The first kappa shape index (κ1) is 22.6. The lowest BCUT2D eigenvalue weighted by Gasteiger charge is -2.35. The third-order valence-corrected chi connectivity index (χ3v) is 7.00. The molecule has 4 aromatic carbocycles. The third kappa shape index (κ3) is 3.34. The number of imide groups is 1. The van der Waals surface area contributed by atoms with Crippen LogP contribution in [0.4, 0.5) is 17.1 Å². The van der Waals surface area contributed by atoms with Crippen molar-refractivity contribution in [2.45, 2.75) is 17.6 Å². The van der Waals surface area contributed by atoms with Gasteiger partial charge in [0.05, 0.1) is 16.3 Å². The largest absolute Gasteiger partial charge is 0.273 e. The highest BCUT2D eigenvalue weighted by Crippen LogP contribution is 2.57. The zero-order chi connectivity index (χ0) is 25.6. The Bertz CT molecular complexity index is 1480. The van der Waals surface area contributed by atoms with Gasteiger partial charge in [0, 0.05) is 12.1 Å². The van der Waals surface area contributed by atoms with E-state index >= 15 is 0 Å². The first-order valence-corrected chi connectivity index (χ1v) is 11.8. The lowest BCUT2D eigenvalue weighted by Crippen LogP contribution is -2.46. The average Bonchev–Trinajstić information content (AvgIpc) is 3.41. The molecule has 2 amide bonds. The minimum atomic E-state index is -1.50. The summed E-state index contributed by atoms with van der Waals surface area (Å²) in [5.41, 5.74) is 0.742. The van der Waals surface area contributed by atoms with E-state index in [0.29, 0.717) is 16.9 Å². The highest BCUT2D eigenvalue weighted by Gasteiger charge is 2.72. The van der Waals surface area contributed by atoms with Gasteiger partial charge >= 0.3 is 0 Å². The maximum Gasteiger partial charge on any atom is 0.269 e. The summed E-state index contributed by atoms with van der Waals surface area (Å²) in [6, 6.07) is 32.5. The molecule has 8 heteroatoms. The summed E-state index contributed by atoms with van der Waals surface area (Å²) in [6.07, 6.45) is -1.19. The molecule has 37 heavy (non-hydrogen) atoms. The van der Waals surface area contributed by atoms with Crippen molar-refractivity contribution >= 4 is 28.9 Å². The van der Waals surface area contributed by atoms with Gasteiger partial charge in [-0.3, -0.25) is 24.5 Å². The first-order chi connectivity index (χ1) is 18.0. The van der Waals surface area contributed by atoms with Crippen LogP contribution in [0.25, 0.3) is 0 Å². The number of carbonyl (C=O) groups excluding carboxylic acids is 2. The molecular weight excluding hydrogens is 470 g/mol. The second-order valence-corrected chi connectivity index (χ2v) is 8.95. The number of para-hydroxylation sites is 2. The molecule has 2 heterocycles. The minimum Gasteiger partial charge on any atom is -0.273 e. The summed E-state index contributed by atoms with van der Waals surface area (Å²) in [6.45, 7) is 0. The van der Waals surface area contributed by atoms with Crippen molar-refractivity contribution in [2.75, 3.05) is 9.96 Å². The SMILES string of the molecule is O=C1[C@H]2ON(c3ccccc3)[C@@H](c3ccccc3)[C@@]2(c2ccc([N+](=O)[O-])cc2)C(=O)N1c1ccccc1. The fourth-order valence-electron chi connectivity index (χ4n) is 5.39. The molecule has 8 nitrogen and oxygen atoms in total. The number of non-ortho nitro benzene ring substituents is 1. The Balaban J connectivity index is 1.62. The Kier molecular flexibility index (Phi) is 5.31.